The highest BCUT2D eigenvalue weighted by molar-refractivity contribution is 6.31. The molecule has 3 heteroatoms. The SMILES string of the molecule is CNC(Cc1ccncc1Cl)C1(CC(C)C)CCCC1. The second-order valence-electron chi connectivity index (χ2n) is 6.68. The van der Waals surface area contributed by atoms with E-state index in [0.717, 1.165) is 17.4 Å². The zero-order chi connectivity index (χ0) is 14.6. The van der Waals surface area contributed by atoms with Crippen molar-refractivity contribution < 1.29 is 0 Å². The Morgan fingerprint density at radius 1 is 1.35 bits per heavy atom. The van der Waals surface area contributed by atoms with Crippen molar-refractivity contribution in [1.29, 1.82) is 0 Å². The van der Waals surface area contributed by atoms with Gasteiger partial charge in [0.25, 0.3) is 0 Å². The summed E-state index contributed by atoms with van der Waals surface area (Å²) in [5.41, 5.74) is 1.66. The van der Waals surface area contributed by atoms with Crippen LogP contribution in [0, 0.1) is 11.3 Å². The molecule has 1 fully saturated rings. The van der Waals surface area contributed by atoms with Gasteiger partial charge in [-0.05, 0) is 55.7 Å². The lowest BCUT2D eigenvalue weighted by Gasteiger charge is -2.39. The standard InChI is InChI=1S/C17H27ClN2/c1-13(2)11-17(7-4-5-8-17)16(19-3)10-14-6-9-20-12-15(14)18/h6,9,12-13,16,19H,4-5,7-8,10-11H2,1-3H3. The van der Waals surface area contributed by atoms with Gasteiger partial charge in [-0.25, -0.2) is 0 Å². The molecule has 1 heterocycles. The zero-order valence-electron chi connectivity index (χ0n) is 13.0. The van der Waals surface area contributed by atoms with Crippen molar-refractivity contribution in [2.75, 3.05) is 7.05 Å². The van der Waals surface area contributed by atoms with Gasteiger partial charge < -0.3 is 5.32 Å². The van der Waals surface area contributed by atoms with E-state index in [1.807, 2.05) is 6.20 Å². The van der Waals surface area contributed by atoms with E-state index < -0.39 is 0 Å². The first-order valence-electron chi connectivity index (χ1n) is 7.83. The largest absolute Gasteiger partial charge is 0.316 e. The minimum atomic E-state index is 0.440. The molecule has 1 aliphatic rings. The Kier molecular flexibility index (Phi) is 5.45. The van der Waals surface area contributed by atoms with Crippen molar-refractivity contribution in [3.63, 3.8) is 0 Å². The highest BCUT2D eigenvalue weighted by Gasteiger charge is 2.40. The van der Waals surface area contributed by atoms with Gasteiger partial charge in [0.1, 0.15) is 0 Å². The summed E-state index contributed by atoms with van der Waals surface area (Å²) in [5, 5.41) is 4.38. The molecule has 1 aromatic rings. The number of likely N-dealkylation sites (N-methyl/N-ethyl adjacent to an activating group) is 1. The number of nitrogens with one attached hydrogen (secondary N) is 1. The maximum atomic E-state index is 6.29. The predicted octanol–water partition coefficient (Wildman–Crippen LogP) is 4.47. The molecule has 0 aromatic carbocycles. The Balaban J connectivity index is 2.19. The molecule has 1 saturated carbocycles. The fourth-order valence-corrected chi connectivity index (χ4v) is 4.20. The van der Waals surface area contributed by atoms with E-state index in [4.69, 9.17) is 11.6 Å². The topological polar surface area (TPSA) is 24.9 Å². The van der Waals surface area contributed by atoms with Crippen LogP contribution in [0.3, 0.4) is 0 Å². The van der Waals surface area contributed by atoms with Gasteiger partial charge in [-0.2, -0.15) is 0 Å². The molecule has 2 nitrogen and oxygen atoms in total. The fraction of sp³-hybridized carbons (Fsp3) is 0.706. The van der Waals surface area contributed by atoms with Crippen LogP contribution in [0.15, 0.2) is 18.5 Å². The van der Waals surface area contributed by atoms with Crippen LogP contribution in [0.25, 0.3) is 0 Å². The smallest absolute Gasteiger partial charge is 0.0621 e. The maximum absolute atomic E-state index is 6.29. The monoisotopic (exact) mass is 294 g/mol. The van der Waals surface area contributed by atoms with E-state index in [2.05, 4.69) is 37.3 Å². The van der Waals surface area contributed by atoms with Gasteiger partial charge in [-0.3, -0.25) is 4.98 Å². The van der Waals surface area contributed by atoms with Gasteiger partial charge in [0.05, 0.1) is 5.02 Å². The van der Waals surface area contributed by atoms with Gasteiger partial charge in [0.2, 0.25) is 0 Å². The van der Waals surface area contributed by atoms with Crippen LogP contribution in [-0.4, -0.2) is 18.1 Å². The van der Waals surface area contributed by atoms with E-state index in [1.165, 1.54) is 37.7 Å². The van der Waals surface area contributed by atoms with E-state index in [-0.39, 0.29) is 0 Å². The minimum absolute atomic E-state index is 0.440. The Morgan fingerprint density at radius 2 is 2.05 bits per heavy atom. The van der Waals surface area contributed by atoms with Gasteiger partial charge >= 0.3 is 0 Å². The predicted molar refractivity (Wildman–Crippen MR) is 86.2 cm³/mol. The summed E-state index contributed by atoms with van der Waals surface area (Å²) in [6.45, 7) is 4.68. The summed E-state index contributed by atoms with van der Waals surface area (Å²) in [4.78, 5) is 4.09. The Hall–Kier alpha value is -0.600. The third-order valence-electron chi connectivity index (χ3n) is 4.78. The Morgan fingerprint density at radius 3 is 2.60 bits per heavy atom. The molecule has 0 radical (unpaired) electrons. The fourth-order valence-electron chi connectivity index (χ4n) is 4.00. The molecule has 0 amide bonds. The minimum Gasteiger partial charge on any atom is -0.316 e. The zero-order valence-corrected chi connectivity index (χ0v) is 13.7. The molecule has 0 bridgehead atoms. The molecule has 0 aliphatic heterocycles. The molecular formula is C17H27ClN2. The third-order valence-corrected chi connectivity index (χ3v) is 5.12. The Bertz CT molecular complexity index is 425. The average Bonchev–Trinajstić information content (AvgIpc) is 2.86. The summed E-state index contributed by atoms with van der Waals surface area (Å²) in [6.07, 6.45) is 11.3. The first-order valence-corrected chi connectivity index (χ1v) is 8.21. The van der Waals surface area contributed by atoms with Crippen molar-refractivity contribution in [2.45, 2.75) is 58.4 Å². The lowest BCUT2D eigenvalue weighted by Crippen LogP contribution is -2.44. The molecule has 0 spiro atoms. The van der Waals surface area contributed by atoms with Crippen molar-refractivity contribution in [2.24, 2.45) is 11.3 Å². The van der Waals surface area contributed by atoms with Gasteiger partial charge in [-0.1, -0.05) is 38.3 Å². The van der Waals surface area contributed by atoms with E-state index in [1.54, 1.807) is 6.20 Å². The first kappa shape index (κ1) is 15.8. The number of rotatable bonds is 6. The molecule has 1 aliphatic carbocycles. The van der Waals surface area contributed by atoms with Crippen LogP contribution in [0.1, 0.15) is 51.5 Å². The van der Waals surface area contributed by atoms with Crippen molar-refractivity contribution in [1.82, 2.24) is 10.3 Å². The Labute approximate surface area is 128 Å². The number of pyridine rings is 1. The van der Waals surface area contributed by atoms with Crippen molar-refractivity contribution in [3.8, 4) is 0 Å². The van der Waals surface area contributed by atoms with Crippen LogP contribution in [-0.2, 0) is 6.42 Å². The van der Waals surface area contributed by atoms with Crippen LogP contribution < -0.4 is 5.32 Å². The summed E-state index contributed by atoms with van der Waals surface area (Å²) >= 11 is 6.29. The summed E-state index contributed by atoms with van der Waals surface area (Å²) in [5.74, 6) is 0.747. The highest BCUT2D eigenvalue weighted by Crippen LogP contribution is 2.46. The first-order chi connectivity index (χ1) is 9.57. The number of hydrogen-bond acceptors (Lipinski definition) is 2. The molecule has 112 valence electrons. The summed E-state index contributed by atoms with van der Waals surface area (Å²) < 4.78 is 0. The molecule has 0 saturated heterocycles. The van der Waals surface area contributed by atoms with Crippen molar-refractivity contribution in [3.05, 3.63) is 29.0 Å². The van der Waals surface area contributed by atoms with Crippen LogP contribution >= 0.6 is 11.6 Å². The van der Waals surface area contributed by atoms with Gasteiger partial charge in [0.15, 0.2) is 0 Å². The van der Waals surface area contributed by atoms with Gasteiger partial charge in [0, 0.05) is 18.4 Å². The molecule has 1 unspecified atom stereocenters. The lowest BCUT2D eigenvalue weighted by atomic mass is 9.71. The normalized spacial score (nSPS) is 19.4. The second kappa shape index (κ2) is 6.91. The van der Waals surface area contributed by atoms with Crippen molar-refractivity contribution >= 4 is 11.6 Å². The number of hydrogen-bond donors (Lipinski definition) is 1. The van der Waals surface area contributed by atoms with E-state index in [9.17, 15) is 0 Å². The highest BCUT2D eigenvalue weighted by atomic mass is 35.5. The molecule has 1 atom stereocenters. The molecule has 2 rings (SSSR count). The third kappa shape index (κ3) is 3.53. The average molecular weight is 295 g/mol. The van der Waals surface area contributed by atoms with E-state index >= 15 is 0 Å². The number of nitrogens with zero attached hydrogens (tertiary/aromatic N) is 1. The quantitative estimate of drug-likeness (QED) is 0.837. The lowest BCUT2D eigenvalue weighted by molar-refractivity contribution is 0.160. The summed E-state index contributed by atoms with van der Waals surface area (Å²) in [7, 11) is 2.10. The molecule has 20 heavy (non-hydrogen) atoms. The molecular weight excluding hydrogens is 268 g/mol. The maximum Gasteiger partial charge on any atom is 0.0621 e. The summed E-state index contributed by atoms with van der Waals surface area (Å²) in [6, 6.07) is 2.57. The second-order valence-corrected chi connectivity index (χ2v) is 7.09. The molecule has 1 N–H and O–H groups in total. The van der Waals surface area contributed by atoms with Crippen LogP contribution in [0.2, 0.25) is 5.02 Å². The van der Waals surface area contributed by atoms with E-state index in [0.29, 0.717) is 11.5 Å². The number of halogens is 1. The molecule has 1 aromatic heterocycles. The van der Waals surface area contributed by atoms with Crippen LogP contribution in [0.5, 0.6) is 0 Å². The van der Waals surface area contributed by atoms with Crippen LogP contribution in [0.4, 0.5) is 0 Å². The van der Waals surface area contributed by atoms with Gasteiger partial charge in [-0.15, -0.1) is 0 Å². The number of aromatic nitrogens is 1.